The molecule has 0 aromatic rings. The summed E-state index contributed by atoms with van der Waals surface area (Å²) in [6.07, 6.45) is 6.86. The average Bonchev–Trinajstić information content (AvgIpc) is 2.61. The molecular formula is C11H22O2. The van der Waals surface area contributed by atoms with E-state index in [1.807, 2.05) is 0 Å². The zero-order valence-electron chi connectivity index (χ0n) is 8.97. The molecular weight excluding hydrogens is 164 g/mol. The molecule has 0 atom stereocenters. The number of hydrogen-bond acceptors (Lipinski definition) is 2. The van der Waals surface area contributed by atoms with Crippen molar-refractivity contribution in [3.63, 3.8) is 0 Å². The fourth-order valence-electron chi connectivity index (χ4n) is 1.82. The first-order chi connectivity index (χ1) is 6.33. The van der Waals surface area contributed by atoms with Crippen LogP contribution in [-0.2, 0) is 9.47 Å². The van der Waals surface area contributed by atoms with Gasteiger partial charge in [-0.15, -0.1) is 0 Å². The van der Waals surface area contributed by atoms with Gasteiger partial charge in [-0.1, -0.05) is 13.8 Å². The Morgan fingerprint density at radius 1 is 0.923 bits per heavy atom. The summed E-state index contributed by atoms with van der Waals surface area (Å²) >= 11 is 0. The van der Waals surface area contributed by atoms with E-state index in [1.54, 1.807) is 0 Å². The molecule has 1 fully saturated rings. The van der Waals surface area contributed by atoms with Gasteiger partial charge < -0.3 is 9.47 Å². The molecule has 0 amide bonds. The van der Waals surface area contributed by atoms with Crippen LogP contribution < -0.4 is 0 Å². The molecule has 0 spiro atoms. The Morgan fingerprint density at radius 2 is 1.38 bits per heavy atom. The maximum absolute atomic E-state index is 5.82. The summed E-state index contributed by atoms with van der Waals surface area (Å²) in [5.41, 5.74) is 0. The van der Waals surface area contributed by atoms with E-state index < -0.39 is 0 Å². The lowest BCUT2D eigenvalue weighted by molar-refractivity contribution is -0.232. The fourth-order valence-corrected chi connectivity index (χ4v) is 1.82. The van der Waals surface area contributed by atoms with Crippen LogP contribution in [0.2, 0.25) is 0 Å². The first-order valence-electron chi connectivity index (χ1n) is 5.61. The third kappa shape index (κ3) is 3.28. The van der Waals surface area contributed by atoms with Gasteiger partial charge in [0, 0.05) is 26.1 Å². The smallest absolute Gasteiger partial charge is 0.168 e. The predicted octanol–water partition coefficient (Wildman–Crippen LogP) is 3.11. The van der Waals surface area contributed by atoms with Crippen LogP contribution in [0.3, 0.4) is 0 Å². The van der Waals surface area contributed by atoms with Gasteiger partial charge in [-0.05, 0) is 25.7 Å². The lowest BCUT2D eigenvalue weighted by atomic mass is 10.2. The summed E-state index contributed by atoms with van der Waals surface area (Å²) in [6.45, 7) is 5.96. The van der Waals surface area contributed by atoms with E-state index in [-0.39, 0.29) is 5.79 Å². The Hall–Kier alpha value is -0.0800. The Kier molecular flexibility index (Phi) is 4.74. The average molecular weight is 186 g/mol. The second-order valence-electron chi connectivity index (χ2n) is 3.81. The quantitative estimate of drug-likeness (QED) is 0.593. The van der Waals surface area contributed by atoms with Crippen molar-refractivity contribution in [2.75, 3.05) is 13.2 Å². The lowest BCUT2D eigenvalue weighted by Crippen LogP contribution is -2.33. The second-order valence-corrected chi connectivity index (χ2v) is 3.81. The van der Waals surface area contributed by atoms with Gasteiger partial charge in [-0.3, -0.25) is 0 Å². The molecule has 2 nitrogen and oxygen atoms in total. The Labute approximate surface area is 81.6 Å². The maximum Gasteiger partial charge on any atom is 0.168 e. The van der Waals surface area contributed by atoms with Gasteiger partial charge in [0.1, 0.15) is 0 Å². The third-order valence-electron chi connectivity index (χ3n) is 2.50. The van der Waals surface area contributed by atoms with Crippen molar-refractivity contribution in [1.29, 1.82) is 0 Å². The number of rotatable bonds is 6. The van der Waals surface area contributed by atoms with Crippen LogP contribution in [-0.4, -0.2) is 19.0 Å². The summed E-state index contributed by atoms with van der Waals surface area (Å²) in [6, 6.07) is 0. The van der Waals surface area contributed by atoms with Crippen molar-refractivity contribution < 1.29 is 9.47 Å². The standard InChI is InChI=1S/C11H22O2/c1-3-9-12-11(13-10-4-2)7-5-6-8-11/h3-10H2,1-2H3. The maximum atomic E-state index is 5.82. The van der Waals surface area contributed by atoms with Crippen molar-refractivity contribution in [2.45, 2.75) is 58.2 Å². The monoisotopic (exact) mass is 186 g/mol. The largest absolute Gasteiger partial charge is 0.350 e. The lowest BCUT2D eigenvalue weighted by Gasteiger charge is -2.29. The second kappa shape index (κ2) is 5.61. The molecule has 1 aliphatic rings. The highest BCUT2D eigenvalue weighted by Crippen LogP contribution is 2.34. The third-order valence-corrected chi connectivity index (χ3v) is 2.50. The van der Waals surface area contributed by atoms with Gasteiger partial charge in [0.05, 0.1) is 0 Å². The van der Waals surface area contributed by atoms with E-state index in [2.05, 4.69) is 13.8 Å². The van der Waals surface area contributed by atoms with Crippen LogP contribution in [0.1, 0.15) is 52.4 Å². The highest BCUT2D eigenvalue weighted by molar-refractivity contribution is 4.77. The Bertz CT molecular complexity index is 118. The first kappa shape index (κ1) is 11.0. The molecule has 13 heavy (non-hydrogen) atoms. The molecule has 0 aromatic heterocycles. The van der Waals surface area contributed by atoms with Crippen molar-refractivity contribution in [3.05, 3.63) is 0 Å². The van der Waals surface area contributed by atoms with E-state index in [4.69, 9.17) is 9.47 Å². The molecule has 1 aliphatic carbocycles. The summed E-state index contributed by atoms with van der Waals surface area (Å²) in [4.78, 5) is 0. The van der Waals surface area contributed by atoms with Crippen LogP contribution in [0.4, 0.5) is 0 Å². The molecule has 0 unspecified atom stereocenters. The van der Waals surface area contributed by atoms with Gasteiger partial charge in [-0.2, -0.15) is 0 Å². The van der Waals surface area contributed by atoms with Crippen molar-refractivity contribution in [1.82, 2.24) is 0 Å². The van der Waals surface area contributed by atoms with Crippen molar-refractivity contribution in [2.24, 2.45) is 0 Å². The van der Waals surface area contributed by atoms with Gasteiger partial charge in [-0.25, -0.2) is 0 Å². The molecule has 0 saturated heterocycles. The molecule has 0 aromatic carbocycles. The minimum atomic E-state index is -0.202. The molecule has 0 heterocycles. The molecule has 0 N–H and O–H groups in total. The van der Waals surface area contributed by atoms with Gasteiger partial charge >= 0.3 is 0 Å². The van der Waals surface area contributed by atoms with Crippen LogP contribution in [0.15, 0.2) is 0 Å². The highest BCUT2D eigenvalue weighted by Gasteiger charge is 2.35. The van der Waals surface area contributed by atoms with E-state index in [0.717, 1.165) is 38.9 Å². The van der Waals surface area contributed by atoms with E-state index in [9.17, 15) is 0 Å². The van der Waals surface area contributed by atoms with E-state index >= 15 is 0 Å². The van der Waals surface area contributed by atoms with Crippen molar-refractivity contribution in [3.8, 4) is 0 Å². The Morgan fingerprint density at radius 3 is 1.77 bits per heavy atom. The zero-order chi connectivity index (χ0) is 9.57. The van der Waals surface area contributed by atoms with Gasteiger partial charge in [0.2, 0.25) is 0 Å². The highest BCUT2D eigenvalue weighted by atomic mass is 16.7. The summed E-state index contributed by atoms with van der Waals surface area (Å²) in [7, 11) is 0. The Balaban J connectivity index is 2.33. The molecule has 2 heteroatoms. The molecule has 0 bridgehead atoms. The number of hydrogen-bond donors (Lipinski definition) is 0. The van der Waals surface area contributed by atoms with Crippen LogP contribution in [0, 0.1) is 0 Å². The van der Waals surface area contributed by atoms with E-state index in [0.29, 0.717) is 0 Å². The number of ether oxygens (including phenoxy) is 2. The molecule has 78 valence electrons. The predicted molar refractivity (Wildman–Crippen MR) is 53.7 cm³/mol. The fraction of sp³-hybridized carbons (Fsp3) is 1.00. The minimum absolute atomic E-state index is 0.202. The van der Waals surface area contributed by atoms with Crippen LogP contribution >= 0.6 is 0 Å². The zero-order valence-corrected chi connectivity index (χ0v) is 8.97. The molecule has 0 aliphatic heterocycles. The SMILES string of the molecule is CCCOC1(OCCC)CCCC1. The summed E-state index contributed by atoms with van der Waals surface area (Å²) in [5.74, 6) is -0.202. The topological polar surface area (TPSA) is 18.5 Å². The molecule has 1 rings (SSSR count). The van der Waals surface area contributed by atoms with Crippen LogP contribution in [0.25, 0.3) is 0 Å². The van der Waals surface area contributed by atoms with Crippen LogP contribution in [0.5, 0.6) is 0 Å². The normalized spacial score (nSPS) is 20.8. The minimum Gasteiger partial charge on any atom is -0.350 e. The first-order valence-corrected chi connectivity index (χ1v) is 5.61. The summed E-state index contributed by atoms with van der Waals surface area (Å²) in [5, 5.41) is 0. The van der Waals surface area contributed by atoms with Gasteiger partial charge in [0.25, 0.3) is 0 Å². The van der Waals surface area contributed by atoms with E-state index in [1.165, 1.54) is 12.8 Å². The molecule has 1 saturated carbocycles. The van der Waals surface area contributed by atoms with Crippen molar-refractivity contribution >= 4 is 0 Å². The van der Waals surface area contributed by atoms with Gasteiger partial charge in [0.15, 0.2) is 5.79 Å². The molecule has 0 radical (unpaired) electrons. The summed E-state index contributed by atoms with van der Waals surface area (Å²) < 4.78 is 11.6.